The van der Waals surface area contributed by atoms with E-state index in [1.165, 1.54) is 12.8 Å². The molecule has 0 saturated heterocycles. The summed E-state index contributed by atoms with van der Waals surface area (Å²) in [6.45, 7) is 6.01. The number of nitriles is 1. The minimum absolute atomic E-state index is 0.504. The van der Waals surface area contributed by atoms with Crippen molar-refractivity contribution >= 4 is 0 Å². The van der Waals surface area contributed by atoms with Gasteiger partial charge in [0.25, 0.3) is 0 Å². The lowest BCUT2D eigenvalue weighted by Crippen LogP contribution is -2.20. The summed E-state index contributed by atoms with van der Waals surface area (Å²) >= 11 is 0. The van der Waals surface area contributed by atoms with Gasteiger partial charge < -0.3 is 0 Å². The number of rotatable bonds is 6. The summed E-state index contributed by atoms with van der Waals surface area (Å²) in [6, 6.07) is 12.4. The van der Waals surface area contributed by atoms with Crippen molar-refractivity contribution < 1.29 is 0 Å². The molecule has 1 atom stereocenters. The Morgan fingerprint density at radius 3 is 2.50 bits per heavy atom. The minimum Gasteiger partial charge on any atom is -0.197 e. The van der Waals surface area contributed by atoms with Gasteiger partial charge in [-0.2, -0.15) is 5.26 Å². The molecule has 0 radical (unpaired) electrons. The molecule has 16 heavy (non-hydrogen) atoms. The molecule has 1 aromatic carbocycles. The van der Waals surface area contributed by atoms with E-state index in [0.717, 1.165) is 18.4 Å². The van der Waals surface area contributed by atoms with Gasteiger partial charge in [0.2, 0.25) is 0 Å². The fraction of sp³-hybridized carbons (Fsp3) is 0.400. The van der Waals surface area contributed by atoms with Crippen molar-refractivity contribution in [3.8, 4) is 6.07 Å². The Labute approximate surface area is 98.4 Å². The van der Waals surface area contributed by atoms with Crippen molar-refractivity contribution in [2.75, 3.05) is 0 Å². The molecule has 0 aromatic heterocycles. The highest BCUT2D eigenvalue weighted by Crippen LogP contribution is 2.30. The molecule has 1 aromatic rings. The van der Waals surface area contributed by atoms with Crippen LogP contribution in [0.15, 0.2) is 43.0 Å². The number of benzene rings is 1. The quantitative estimate of drug-likeness (QED) is 0.513. The third-order valence-electron chi connectivity index (χ3n) is 3.01. The molecule has 1 unspecified atom stereocenters. The molecule has 0 bridgehead atoms. The zero-order valence-electron chi connectivity index (χ0n) is 9.95. The van der Waals surface area contributed by atoms with Crippen molar-refractivity contribution in [3.63, 3.8) is 0 Å². The number of unbranched alkanes of at least 4 members (excludes halogenated alkanes) is 2. The Morgan fingerprint density at radius 2 is 2.00 bits per heavy atom. The molecule has 0 amide bonds. The van der Waals surface area contributed by atoms with E-state index in [4.69, 9.17) is 0 Å². The zero-order valence-corrected chi connectivity index (χ0v) is 9.95. The van der Waals surface area contributed by atoms with Crippen LogP contribution in [0.3, 0.4) is 0 Å². The lowest BCUT2D eigenvalue weighted by atomic mass is 9.78. The number of hydrogen-bond donors (Lipinski definition) is 0. The van der Waals surface area contributed by atoms with Crippen molar-refractivity contribution in [1.82, 2.24) is 0 Å². The summed E-state index contributed by atoms with van der Waals surface area (Å²) in [5.74, 6) is 0. The molecule has 0 N–H and O–H groups in total. The summed E-state index contributed by atoms with van der Waals surface area (Å²) in [7, 11) is 0. The van der Waals surface area contributed by atoms with Gasteiger partial charge in [-0.05, 0) is 12.0 Å². The SMILES string of the molecule is C=CC(C#N)(CCCCC)c1ccccc1. The number of allylic oxidation sites excluding steroid dienone is 1. The van der Waals surface area contributed by atoms with Gasteiger partial charge in [0.15, 0.2) is 0 Å². The standard InChI is InChI=1S/C15H19N/c1-3-5-9-12-15(4-2,13-16)14-10-7-6-8-11-14/h4,6-8,10-11H,2-3,5,9,12H2,1H3. The Kier molecular flexibility index (Phi) is 4.79. The Balaban J connectivity index is 2.89. The first-order chi connectivity index (χ1) is 7.79. The normalized spacial score (nSPS) is 13.8. The molecule has 0 aliphatic carbocycles. The van der Waals surface area contributed by atoms with Crippen LogP contribution in [0.4, 0.5) is 0 Å². The van der Waals surface area contributed by atoms with Gasteiger partial charge >= 0.3 is 0 Å². The van der Waals surface area contributed by atoms with E-state index in [0.29, 0.717) is 0 Å². The fourth-order valence-electron chi connectivity index (χ4n) is 1.92. The first-order valence-electron chi connectivity index (χ1n) is 5.89. The highest BCUT2D eigenvalue weighted by Gasteiger charge is 2.27. The van der Waals surface area contributed by atoms with Gasteiger partial charge in [0, 0.05) is 0 Å². The van der Waals surface area contributed by atoms with Crippen molar-refractivity contribution in [2.45, 2.75) is 38.0 Å². The van der Waals surface area contributed by atoms with Crippen LogP contribution in [0.2, 0.25) is 0 Å². The maximum Gasteiger partial charge on any atom is 0.0999 e. The fourth-order valence-corrected chi connectivity index (χ4v) is 1.92. The van der Waals surface area contributed by atoms with Gasteiger partial charge in [0.05, 0.1) is 11.5 Å². The molecule has 0 fully saturated rings. The van der Waals surface area contributed by atoms with E-state index in [2.05, 4.69) is 19.6 Å². The van der Waals surface area contributed by atoms with E-state index < -0.39 is 5.41 Å². The maximum atomic E-state index is 9.41. The van der Waals surface area contributed by atoms with Crippen LogP contribution in [0.5, 0.6) is 0 Å². The number of hydrogen-bond acceptors (Lipinski definition) is 1. The zero-order chi connectivity index (χ0) is 11.9. The van der Waals surface area contributed by atoms with Crippen LogP contribution >= 0.6 is 0 Å². The molecule has 1 rings (SSSR count). The molecule has 0 heterocycles. The summed E-state index contributed by atoms with van der Waals surface area (Å²) in [6.07, 6.45) is 6.07. The van der Waals surface area contributed by atoms with Crippen LogP contribution in [0.25, 0.3) is 0 Å². The van der Waals surface area contributed by atoms with Crippen LogP contribution in [-0.4, -0.2) is 0 Å². The van der Waals surface area contributed by atoms with Gasteiger partial charge in [-0.3, -0.25) is 0 Å². The molecule has 0 spiro atoms. The Bertz CT molecular complexity index is 361. The lowest BCUT2D eigenvalue weighted by Gasteiger charge is -2.23. The molecule has 1 heteroatoms. The largest absolute Gasteiger partial charge is 0.197 e. The van der Waals surface area contributed by atoms with Gasteiger partial charge in [-0.1, -0.05) is 62.6 Å². The maximum absolute atomic E-state index is 9.41. The molecule has 84 valence electrons. The van der Waals surface area contributed by atoms with Gasteiger partial charge in [-0.15, -0.1) is 6.58 Å². The van der Waals surface area contributed by atoms with Crippen LogP contribution in [0.1, 0.15) is 38.2 Å². The lowest BCUT2D eigenvalue weighted by molar-refractivity contribution is 0.554. The average molecular weight is 213 g/mol. The predicted octanol–water partition coefficient (Wildman–Crippen LogP) is 4.21. The second kappa shape index (κ2) is 6.12. The second-order valence-corrected chi connectivity index (χ2v) is 4.11. The molecule has 0 aliphatic rings. The first-order valence-corrected chi connectivity index (χ1v) is 5.89. The monoisotopic (exact) mass is 213 g/mol. The highest BCUT2D eigenvalue weighted by atomic mass is 14.4. The van der Waals surface area contributed by atoms with Crippen LogP contribution in [-0.2, 0) is 5.41 Å². The van der Waals surface area contributed by atoms with Crippen molar-refractivity contribution in [1.29, 1.82) is 5.26 Å². The third kappa shape index (κ3) is 2.73. The number of nitrogens with zero attached hydrogens (tertiary/aromatic N) is 1. The molecular formula is C15H19N. The Morgan fingerprint density at radius 1 is 1.31 bits per heavy atom. The second-order valence-electron chi connectivity index (χ2n) is 4.11. The Hall–Kier alpha value is -1.55. The molecule has 1 nitrogen and oxygen atoms in total. The topological polar surface area (TPSA) is 23.8 Å². The summed E-state index contributed by atoms with van der Waals surface area (Å²) in [5, 5.41) is 9.41. The van der Waals surface area contributed by atoms with Gasteiger partial charge in [0.1, 0.15) is 0 Å². The summed E-state index contributed by atoms with van der Waals surface area (Å²) in [4.78, 5) is 0. The van der Waals surface area contributed by atoms with Crippen LogP contribution < -0.4 is 0 Å². The van der Waals surface area contributed by atoms with Gasteiger partial charge in [-0.25, -0.2) is 0 Å². The van der Waals surface area contributed by atoms with E-state index in [1.54, 1.807) is 6.08 Å². The first kappa shape index (κ1) is 12.5. The average Bonchev–Trinajstić information content (AvgIpc) is 2.36. The van der Waals surface area contributed by atoms with E-state index in [1.807, 2.05) is 30.3 Å². The van der Waals surface area contributed by atoms with E-state index in [9.17, 15) is 5.26 Å². The predicted molar refractivity (Wildman–Crippen MR) is 68.1 cm³/mol. The van der Waals surface area contributed by atoms with Crippen molar-refractivity contribution in [2.24, 2.45) is 0 Å². The summed E-state index contributed by atoms with van der Waals surface area (Å²) in [5.41, 5.74) is 0.555. The van der Waals surface area contributed by atoms with Crippen LogP contribution in [0, 0.1) is 11.3 Å². The summed E-state index contributed by atoms with van der Waals surface area (Å²) < 4.78 is 0. The molecular weight excluding hydrogens is 194 g/mol. The molecule has 0 aliphatic heterocycles. The van der Waals surface area contributed by atoms with Crippen molar-refractivity contribution in [3.05, 3.63) is 48.6 Å². The van der Waals surface area contributed by atoms with E-state index in [-0.39, 0.29) is 0 Å². The van der Waals surface area contributed by atoms with E-state index >= 15 is 0 Å². The molecule has 0 saturated carbocycles. The highest BCUT2D eigenvalue weighted by molar-refractivity contribution is 5.37. The minimum atomic E-state index is -0.504. The third-order valence-corrected chi connectivity index (χ3v) is 3.01. The smallest absolute Gasteiger partial charge is 0.0999 e.